The fourth-order valence-electron chi connectivity index (χ4n) is 1.33. The number of H-pyrrole nitrogens is 1. The number of hydrogen-bond acceptors (Lipinski definition) is 4. The molecule has 5 nitrogen and oxygen atoms in total. The maximum absolute atomic E-state index is 5.56. The summed E-state index contributed by atoms with van der Waals surface area (Å²) in [4.78, 5) is 13.7. The molecule has 0 saturated carbocycles. The zero-order valence-corrected chi connectivity index (χ0v) is 8.28. The largest absolute Gasteiger partial charge is 0.384 e. The monoisotopic (exact) mass is 191 g/mol. The van der Waals surface area contributed by atoms with Crippen LogP contribution in [0.5, 0.6) is 0 Å². The van der Waals surface area contributed by atoms with E-state index in [2.05, 4.69) is 15.0 Å². The molecule has 0 atom stereocenters. The molecule has 0 aromatic carbocycles. The minimum Gasteiger partial charge on any atom is -0.384 e. The van der Waals surface area contributed by atoms with E-state index >= 15 is 0 Å². The summed E-state index contributed by atoms with van der Waals surface area (Å²) in [6.07, 6.45) is 0. The number of nitrogen functional groups attached to an aromatic ring is 1. The van der Waals surface area contributed by atoms with Crippen LogP contribution in [0.2, 0.25) is 0 Å². The number of hydrogen-bond donors (Lipinski definition) is 2. The quantitative estimate of drug-likeness (QED) is 0.729. The number of nitrogens with one attached hydrogen (secondary N) is 1. The molecule has 3 N–H and O–H groups in total. The van der Waals surface area contributed by atoms with Crippen LogP contribution >= 0.6 is 0 Å². The Morgan fingerprint density at radius 2 is 2.14 bits per heavy atom. The van der Waals surface area contributed by atoms with Gasteiger partial charge in [-0.15, -0.1) is 0 Å². The van der Waals surface area contributed by atoms with Crippen LogP contribution in [-0.4, -0.2) is 33.9 Å². The molecule has 0 aliphatic rings. The molecule has 0 bridgehead atoms. The lowest BCUT2D eigenvalue weighted by atomic mass is 10.4. The van der Waals surface area contributed by atoms with Crippen LogP contribution in [0.4, 0.5) is 5.82 Å². The van der Waals surface area contributed by atoms with Gasteiger partial charge >= 0.3 is 0 Å². The first-order chi connectivity index (χ1) is 6.65. The van der Waals surface area contributed by atoms with Crippen molar-refractivity contribution < 1.29 is 0 Å². The Morgan fingerprint density at radius 1 is 1.36 bits per heavy atom. The molecule has 2 aromatic heterocycles. The second-order valence-corrected chi connectivity index (χ2v) is 3.53. The van der Waals surface area contributed by atoms with E-state index in [0.29, 0.717) is 11.5 Å². The van der Waals surface area contributed by atoms with E-state index < -0.39 is 0 Å². The summed E-state index contributed by atoms with van der Waals surface area (Å²) in [5, 5.41) is 0. The number of nitrogens with zero attached hydrogens (tertiary/aromatic N) is 3. The third-order valence-corrected chi connectivity index (χ3v) is 1.88. The Morgan fingerprint density at radius 3 is 2.86 bits per heavy atom. The maximum atomic E-state index is 5.56. The number of rotatable bonds is 2. The molecule has 74 valence electrons. The lowest BCUT2D eigenvalue weighted by Crippen LogP contribution is -2.11. The lowest BCUT2D eigenvalue weighted by molar-refractivity contribution is 0.392. The van der Waals surface area contributed by atoms with Crippen molar-refractivity contribution in [2.75, 3.05) is 19.8 Å². The van der Waals surface area contributed by atoms with Gasteiger partial charge in [-0.25, -0.2) is 9.97 Å². The normalized spacial score (nSPS) is 11.4. The van der Waals surface area contributed by atoms with Crippen LogP contribution in [0, 0.1) is 0 Å². The summed E-state index contributed by atoms with van der Waals surface area (Å²) in [7, 11) is 3.99. The second kappa shape index (κ2) is 3.26. The van der Waals surface area contributed by atoms with Crippen molar-refractivity contribution >= 4 is 17.0 Å². The third-order valence-electron chi connectivity index (χ3n) is 1.88. The molecule has 2 rings (SSSR count). The zero-order chi connectivity index (χ0) is 10.1. The minimum absolute atomic E-state index is 0.500. The molecule has 5 heteroatoms. The molecule has 0 aliphatic carbocycles. The van der Waals surface area contributed by atoms with Crippen LogP contribution in [0.25, 0.3) is 11.2 Å². The van der Waals surface area contributed by atoms with Crippen LogP contribution in [0.3, 0.4) is 0 Å². The molecule has 2 heterocycles. The summed E-state index contributed by atoms with van der Waals surface area (Å²) in [6, 6.07) is 3.66. The topological polar surface area (TPSA) is 70.8 Å². The van der Waals surface area contributed by atoms with Gasteiger partial charge in [-0.1, -0.05) is 0 Å². The van der Waals surface area contributed by atoms with Gasteiger partial charge in [0.2, 0.25) is 0 Å². The first-order valence-electron chi connectivity index (χ1n) is 4.41. The van der Waals surface area contributed by atoms with Crippen LogP contribution in [0.1, 0.15) is 5.82 Å². The Labute approximate surface area is 82.0 Å². The van der Waals surface area contributed by atoms with Crippen LogP contribution in [-0.2, 0) is 6.54 Å². The molecule has 0 saturated heterocycles. The highest BCUT2D eigenvalue weighted by molar-refractivity contribution is 5.72. The van der Waals surface area contributed by atoms with Crippen molar-refractivity contribution in [1.29, 1.82) is 0 Å². The van der Waals surface area contributed by atoms with Gasteiger partial charge in [0, 0.05) is 0 Å². The number of fused-ring (bicyclic) bond motifs is 1. The van der Waals surface area contributed by atoms with E-state index in [1.807, 2.05) is 25.1 Å². The molecule has 0 radical (unpaired) electrons. The van der Waals surface area contributed by atoms with Gasteiger partial charge in [0.05, 0.1) is 12.1 Å². The molecule has 0 spiro atoms. The van der Waals surface area contributed by atoms with E-state index in [1.165, 1.54) is 0 Å². The van der Waals surface area contributed by atoms with E-state index in [-0.39, 0.29) is 0 Å². The van der Waals surface area contributed by atoms with Gasteiger partial charge in [-0.05, 0) is 26.2 Å². The predicted octanol–water partition coefficient (Wildman–Crippen LogP) is 0.602. The molecule has 0 unspecified atom stereocenters. The molecule has 0 fully saturated rings. The van der Waals surface area contributed by atoms with Gasteiger partial charge in [-0.3, -0.25) is 0 Å². The fourth-order valence-corrected chi connectivity index (χ4v) is 1.33. The summed E-state index contributed by atoms with van der Waals surface area (Å²) < 4.78 is 0. The molecule has 0 aliphatic heterocycles. The lowest BCUT2D eigenvalue weighted by Gasteiger charge is -2.04. The zero-order valence-electron chi connectivity index (χ0n) is 8.28. The second-order valence-electron chi connectivity index (χ2n) is 3.53. The predicted molar refractivity (Wildman–Crippen MR) is 55.7 cm³/mol. The number of pyridine rings is 1. The maximum Gasteiger partial charge on any atom is 0.179 e. The number of anilines is 1. The number of aromatic nitrogens is 3. The summed E-state index contributed by atoms with van der Waals surface area (Å²) >= 11 is 0. The van der Waals surface area contributed by atoms with Gasteiger partial charge in [0.1, 0.15) is 11.6 Å². The molecule has 14 heavy (non-hydrogen) atoms. The summed E-state index contributed by atoms with van der Waals surface area (Å²) in [5.41, 5.74) is 7.17. The highest BCUT2D eigenvalue weighted by Gasteiger charge is 2.04. The summed E-state index contributed by atoms with van der Waals surface area (Å²) in [6.45, 7) is 0.774. The van der Waals surface area contributed by atoms with Gasteiger partial charge < -0.3 is 15.6 Å². The number of nitrogens with two attached hydrogens (primary N) is 1. The minimum atomic E-state index is 0.500. The smallest absolute Gasteiger partial charge is 0.179 e. The van der Waals surface area contributed by atoms with E-state index in [1.54, 1.807) is 6.07 Å². The van der Waals surface area contributed by atoms with Crippen molar-refractivity contribution in [2.24, 2.45) is 0 Å². The van der Waals surface area contributed by atoms with Crippen molar-refractivity contribution in [2.45, 2.75) is 6.54 Å². The molecule has 2 aromatic rings. The Hall–Kier alpha value is -1.62. The van der Waals surface area contributed by atoms with Crippen molar-refractivity contribution in [1.82, 2.24) is 19.9 Å². The number of imidazole rings is 1. The SMILES string of the molecule is CN(C)Cc1nc2nc(N)ccc2[nH]1. The fraction of sp³-hybridized carbons (Fsp3) is 0.333. The Kier molecular flexibility index (Phi) is 2.09. The molecular weight excluding hydrogens is 178 g/mol. The Balaban J connectivity index is 2.41. The van der Waals surface area contributed by atoms with Crippen molar-refractivity contribution in [3.8, 4) is 0 Å². The van der Waals surface area contributed by atoms with Crippen LogP contribution in [0.15, 0.2) is 12.1 Å². The molecular formula is C9H13N5. The first kappa shape index (κ1) is 8.96. The third kappa shape index (κ3) is 1.67. The first-order valence-corrected chi connectivity index (χ1v) is 4.41. The van der Waals surface area contributed by atoms with Gasteiger partial charge in [0.25, 0.3) is 0 Å². The van der Waals surface area contributed by atoms with E-state index in [9.17, 15) is 0 Å². The Bertz CT molecular complexity index is 445. The standard InChI is InChI=1S/C9H13N5/c1-14(2)5-8-11-6-3-4-7(10)12-9(6)13-8/h3-4H,5H2,1-2H3,(H3,10,11,12,13). The highest BCUT2D eigenvalue weighted by atomic mass is 15.1. The van der Waals surface area contributed by atoms with Crippen molar-refractivity contribution in [3.63, 3.8) is 0 Å². The average molecular weight is 191 g/mol. The van der Waals surface area contributed by atoms with Crippen LogP contribution < -0.4 is 5.73 Å². The highest BCUT2D eigenvalue weighted by Crippen LogP contribution is 2.11. The van der Waals surface area contributed by atoms with E-state index in [0.717, 1.165) is 17.9 Å². The van der Waals surface area contributed by atoms with Crippen molar-refractivity contribution in [3.05, 3.63) is 18.0 Å². The number of aromatic amines is 1. The molecule has 0 amide bonds. The van der Waals surface area contributed by atoms with Gasteiger partial charge in [-0.2, -0.15) is 0 Å². The summed E-state index contributed by atoms with van der Waals surface area (Å²) in [5.74, 6) is 1.41. The average Bonchev–Trinajstić information content (AvgIpc) is 2.44. The van der Waals surface area contributed by atoms with Gasteiger partial charge in [0.15, 0.2) is 5.65 Å². The van der Waals surface area contributed by atoms with E-state index in [4.69, 9.17) is 5.73 Å².